The quantitative estimate of drug-likeness (QED) is 0.362. The van der Waals surface area contributed by atoms with Gasteiger partial charge in [0.2, 0.25) is 0 Å². The number of halogens is 3. The van der Waals surface area contributed by atoms with Gasteiger partial charge in [0.05, 0.1) is 20.5 Å². The number of carbonyl (C=O) groups excluding carboxylic acids is 2. The topological polar surface area (TPSA) is 121 Å². The molecule has 2 N–H and O–H groups in total. The number of hydrogen-bond acceptors (Lipinski definition) is 5. The average Bonchev–Trinajstić information content (AvgIpc) is 2.90. The van der Waals surface area contributed by atoms with Crippen molar-refractivity contribution in [2.24, 2.45) is 0 Å². The number of amides is 2. The van der Waals surface area contributed by atoms with Crippen LogP contribution in [0.15, 0.2) is 59.5 Å². The molecule has 0 fully saturated rings. The van der Waals surface area contributed by atoms with Crippen LogP contribution in [0.5, 0.6) is 0 Å². The molecular formula is C28H25Cl3N2O6S. The highest BCUT2D eigenvalue weighted by molar-refractivity contribution is 7.90. The van der Waals surface area contributed by atoms with Crippen molar-refractivity contribution >= 4 is 62.4 Å². The van der Waals surface area contributed by atoms with E-state index in [-0.39, 0.29) is 45.8 Å². The molecule has 1 atom stereocenters. The molecule has 8 nitrogen and oxygen atoms in total. The Hall–Kier alpha value is -3.11. The van der Waals surface area contributed by atoms with Gasteiger partial charge in [-0.2, -0.15) is 0 Å². The molecule has 0 unspecified atom stereocenters. The fraction of sp³-hybridized carbons (Fsp3) is 0.250. The summed E-state index contributed by atoms with van der Waals surface area (Å²) in [5.41, 5.74) is 2.43. The van der Waals surface area contributed by atoms with Crippen molar-refractivity contribution in [3.63, 3.8) is 0 Å². The molecule has 12 heteroatoms. The van der Waals surface area contributed by atoms with E-state index in [9.17, 15) is 27.9 Å². The van der Waals surface area contributed by atoms with Crippen LogP contribution >= 0.6 is 34.8 Å². The summed E-state index contributed by atoms with van der Waals surface area (Å²) >= 11 is 19.0. The van der Waals surface area contributed by atoms with Crippen LogP contribution in [0.3, 0.4) is 0 Å². The summed E-state index contributed by atoms with van der Waals surface area (Å²) < 4.78 is 23.7. The first-order valence-corrected chi connectivity index (χ1v) is 15.2. The summed E-state index contributed by atoms with van der Waals surface area (Å²) in [7, 11) is -3.42. The Bertz CT molecular complexity index is 1590. The van der Waals surface area contributed by atoms with E-state index in [0.29, 0.717) is 40.2 Å². The van der Waals surface area contributed by atoms with Crippen molar-refractivity contribution in [1.29, 1.82) is 0 Å². The molecule has 0 saturated carbocycles. The number of carboxylic acids is 1. The Kier molecular flexibility index (Phi) is 9.09. The highest BCUT2D eigenvalue weighted by Gasteiger charge is 2.29. The van der Waals surface area contributed by atoms with Crippen LogP contribution in [-0.2, 0) is 34.0 Å². The molecule has 1 heterocycles. The van der Waals surface area contributed by atoms with E-state index >= 15 is 0 Å². The second kappa shape index (κ2) is 12.2. The fourth-order valence-corrected chi connectivity index (χ4v) is 6.12. The van der Waals surface area contributed by atoms with Gasteiger partial charge in [0.25, 0.3) is 11.8 Å². The Morgan fingerprint density at radius 3 is 2.40 bits per heavy atom. The molecule has 0 radical (unpaired) electrons. The maximum absolute atomic E-state index is 13.2. The highest BCUT2D eigenvalue weighted by atomic mass is 35.5. The Morgan fingerprint density at radius 2 is 1.75 bits per heavy atom. The van der Waals surface area contributed by atoms with E-state index in [2.05, 4.69) is 5.32 Å². The monoisotopic (exact) mass is 622 g/mol. The minimum atomic E-state index is -3.42. The minimum absolute atomic E-state index is 0.0102. The summed E-state index contributed by atoms with van der Waals surface area (Å²) in [6, 6.07) is 13.1. The lowest BCUT2D eigenvalue weighted by Crippen LogP contribution is -2.41. The van der Waals surface area contributed by atoms with Gasteiger partial charge in [-0.25, -0.2) is 13.2 Å². The summed E-state index contributed by atoms with van der Waals surface area (Å²) in [5.74, 6) is -2.17. The first kappa shape index (κ1) is 29.9. The SMILES string of the molecule is CS(=O)(=O)c1cccc(CC[C@H](NC(=O)c2c(Cl)cc3c(c2Cl)CCN(C(=O)c2ccc(Cl)cc2)C3)C(=O)O)c1. The van der Waals surface area contributed by atoms with E-state index in [1.807, 2.05) is 0 Å². The van der Waals surface area contributed by atoms with Crippen molar-refractivity contribution in [3.05, 3.63) is 97.5 Å². The zero-order chi connectivity index (χ0) is 29.2. The lowest BCUT2D eigenvalue weighted by molar-refractivity contribution is -0.139. The number of carboxylic acid groups (broad SMARTS) is 1. The van der Waals surface area contributed by atoms with Crippen LogP contribution in [0.4, 0.5) is 0 Å². The molecule has 1 aliphatic rings. The molecule has 0 aliphatic carbocycles. The average molecular weight is 624 g/mol. The second-order valence-corrected chi connectivity index (χ2v) is 12.7. The summed E-state index contributed by atoms with van der Waals surface area (Å²) in [5, 5.41) is 12.9. The van der Waals surface area contributed by atoms with Gasteiger partial charge in [0, 0.05) is 29.9 Å². The molecule has 0 saturated heterocycles. The third kappa shape index (κ3) is 6.78. The maximum atomic E-state index is 13.2. The van der Waals surface area contributed by atoms with Gasteiger partial charge in [0.15, 0.2) is 9.84 Å². The third-order valence-corrected chi connectivity index (χ3v) is 8.74. The van der Waals surface area contributed by atoms with Crippen LogP contribution in [-0.4, -0.2) is 55.1 Å². The Morgan fingerprint density at radius 1 is 1.05 bits per heavy atom. The van der Waals surface area contributed by atoms with Crippen LogP contribution < -0.4 is 5.32 Å². The number of nitrogens with zero attached hydrogens (tertiary/aromatic N) is 1. The zero-order valence-corrected chi connectivity index (χ0v) is 24.4. The number of aryl methyl sites for hydroxylation is 1. The number of rotatable bonds is 8. The van der Waals surface area contributed by atoms with Crippen LogP contribution in [0.25, 0.3) is 0 Å². The summed E-state index contributed by atoms with van der Waals surface area (Å²) in [4.78, 5) is 39.8. The van der Waals surface area contributed by atoms with E-state index in [0.717, 1.165) is 6.26 Å². The highest BCUT2D eigenvalue weighted by Crippen LogP contribution is 2.35. The molecule has 4 rings (SSSR count). The second-order valence-electron chi connectivity index (χ2n) is 9.49. The smallest absolute Gasteiger partial charge is 0.326 e. The Labute approximate surface area is 246 Å². The molecule has 3 aromatic rings. The van der Waals surface area contributed by atoms with Crippen LogP contribution in [0, 0.1) is 0 Å². The molecule has 0 aromatic heterocycles. The van der Waals surface area contributed by atoms with Crippen molar-refractivity contribution in [1.82, 2.24) is 10.2 Å². The lowest BCUT2D eigenvalue weighted by atomic mass is 9.95. The van der Waals surface area contributed by atoms with E-state index < -0.39 is 27.8 Å². The standard InChI is InChI=1S/C28H25Cl3N2O6S/c1-40(38,39)20-4-2-3-16(13-20)5-10-23(28(36)37)32-26(34)24-22(30)14-18-15-33(12-11-21(18)25(24)31)27(35)17-6-8-19(29)9-7-17/h2-4,6-9,13-14,23H,5,10-12,15H2,1H3,(H,32,34)(H,36,37)/t23-/m0/s1. The van der Waals surface area contributed by atoms with Crippen molar-refractivity contribution in [3.8, 4) is 0 Å². The number of aliphatic carboxylic acids is 1. The number of sulfone groups is 1. The van der Waals surface area contributed by atoms with Crippen LogP contribution in [0.1, 0.15) is 43.8 Å². The molecule has 1 aliphatic heterocycles. The predicted octanol–water partition coefficient (Wildman–Crippen LogP) is 5.06. The number of benzene rings is 3. The predicted molar refractivity (Wildman–Crippen MR) is 153 cm³/mol. The molecule has 0 spiro atoms. The zero-order valence-electron chi connectivity index (χ0n) is 21.3. The van der Waals surface area contributed by atoms with Gasteiger partial charge < -0.3 is 15.3 Å². The summed E-state index contributed by atoms with van der Waals surface area (Å²) in [6.45, 7) is 0.601. The fourth-order valence-electron chi connectivity index (χ4n) is 4.54. The first-order chi connectivity index (χ1) is 18.8. The van der Waals surface area contributed by atoms with Gasteiger partial charge >= 0.3 is 5.97 Å². The van der Waals surface area contributed by atoms with Gasteiger partial charge in [-0.3, -0.25) is 9.59 Å². The van der Waals surface area contributed by atoms with Crippen molar-refractivity contribution < 1.29 is 27.9 Å². The Balaban J connectivity index is 1.49. The molecule has 40 heavy (non-hydrogen) atoms. The van der Waals surface area contributed by atoms with Crippen LogP contribution in [0.2, 0.25) is 15.1 Å². The normalized spacial score (nSPS) is 13.8. The number of carbonyl (C=O) groups is 3. The summed E-state index contributed by atoms with van der Waals surface area (Å²) in [6.07, 6.45) is 1.69. The van der Waals surface area contributed by atoms with Crippen molar-refractivity contribution in [2.75, 3.05) is 12.8 Å². The lowest BCUT2D eigenvalue weighted by Gasteiger charge is -2.30. The maximum Gasteiger partial charge on any atom is 0.326 e. The van der Waals surface area contributed by atoms with E-state index in [1.165, 1.54) is 12.1 Å². The van der Waals surface area contributed by atoms with Gasteiger partial charge in [-0.05, 0) is 78.4 Å². The molecule has 210 valence electrons. The van der Waals surface area contributed by atoms with E-state index in [1.54, 1.807) is 47.4 Å². The molecule has 2 amide bonds. The molecule has 3 aromatic carbocycles. The van der Waals surface area contributed by atoms with Crippen molar-refractivity contribution in [2.45, 2.75) is 36.7 Å². The largest absolute Gasteiger partial charge is 0.480 e. The number of hydrogen-bond donors (Lipinski definition) is 2. The minimum Gasteiger partial charge on any atom is -0.480 e. The van der Waals surface area contributed by atoms with Gasteiger partial charge in [0.1, 0.15) is 6.04 Å². The molecular weight excluding hydrogens is 599 g/mol. The third-order valence-electron chi connectivity index (χ3n) is 6.66. The number of fused-ring (bicyclic) bond motifs is 1. The van der Waals surface area contributed by atoms with Gasteiger partial charge in [-0.15, -0.1) is 0 Å². The first-order valence-electron chi connectivity index (χ1n) is 12.2. The number of nitrogens with one attached hydrogen (secondary N) is 1. The molecule has 0 bridgehead atoms. The van der Waals surface area contributed by atoms with E-state index in [4.69, 9.17) is 34.8 Å². The van der Waals surface area contributed by atoms with Gasteiger partial charge in [-0.1, -0.05) is 46.9 Å².